The molecule has 1 saturated heterocycles. The quantitative estimate of drug-likeness (QED) is 0.424. The van der Waals surface area contributed by atoms with Gasteiger partial charge in [0.05, 0.1) is 0 Å². The van der Waals surface area contributed by atoms with E-state index in [1.54, 1.807) is 0 Å². The second kappa shape index (κ2) is 4.95. The van der Waals surface area contributed by atoms with Gasteiger partial charge in [0.25, 0.3) is 0 Å². The van der Waals surface area contributed by atoms with Gasteiger partial charge in [-0.2, -0.15) is 6.92 Å². The number of carbonyl (C=O) groups excluding carboxylic acids is 2. The maximum atomic E-state index is 11.4. The Morgan fingerprint density at radius 2 is 2.14 bits per heavy atom. The van der Waals surface area contributed by atoms with E-state index in [4.69, 9.17) is 0 Å². The van der Waals surface area contributed by atoms with Crippen LogP contribution >= 0.6 is 0 Å². The molecular weight excluding hydrogens is 255 g/mol. The molecule has 3 nitrogen and oxygen atoms in total. The summed E-state index contributed by atoms with van der Waals surface area (Å²) in [7, 11) is 1.83. The standard InChI is InChI=1S/C10H16NO2.Y/c1-7-5-10(6-12,9(3)13)11(4)8(7)2;/h6,8H,5H2,1-4H3;/q-1;. The van der Waals surface area contributed by atoms with Crippen LogP contribution in [0.3, 0.4) is 0 Å². The number of ketones is 1. The second-order valence-corrected chi connectivity index (χ2v) is 3.91. The Balaban J connectivity index is 0.00000169. The molecule has 0 aromatic rings. The summed E-state index contributed by atoms with van der Waals surface area (Å²) in [5, 5.41) is 0. The van der Waals surface area contributed by atoms with Crippen molar-refractivity contribution in [3.8, 4) is 0 Å². The van der Waals surface area contributed by atoms with Crippen molar-refractivity contribution in [3.05, 3.63) is 5.92 Å². The van der Waals surface area contributed by atoms with E-state index >= 15 is 0 Å². The molecule has 2 unspecified atom stereocenters. The Morgan fingerprint density at radius 1 is 1.64 bits per heavy atom. The Hall–Kier alpha value is 0.404. The minimum Gasteiger partial charge on any atom is -0.317 e. The van der Waals surface area contributed by atoms with Crippen molar-refractivity contribution in [2.75, 3.05) is 7.05 Å². The van der Waals surface area contributed by atoms with Crippen molar-refractivity contribution in [2.45, 2.75) is 38.8 Å². The number of carbonyl (C=O) groups is 2. The number of rotatable bonds is 2. The average molecular weight is 271 g/mol. The molecule has 1 aliphatic rings. The van der Waals surface area contributed by atoms with Crippen molar-refractivity contribution >= 4 is 12.1 Å². The molecule has 1 rings (SSSR count). The molecule has 0 amide bonds. The van der Waals surface area contributed by atoms with Gasteiger partial charge in [-0.15, -0.1) is 12.5 Å². The van der Waals surface area contributed by atoms with Crippen molar-refractivity contribution < 1.29 is 42.3 Å². The average Bonchev–Trinajstić information content (AvgIpc) is 2.30. The maximum absolute atomic E-state index is 11.4. The molecule has 1 fully saturated rings. The monoisotopic (exact) mass is 271 g/mol. The number of likely N-dealkylation sites (N-methyl/N-ethyl adjacent to an activating group) is 1. The van der Waals surface area contributed by atoms with E-state index < -0.39 is 5.54 Å². The molecule has 1 radical (unpaired) electrons. The molecule has 0 spiro atoms. The Morgan fingerprint density at radius 3 is 2.29 bits per heavy atom. The molecule has 0 N–H and O–H groups in total. The van der Waals surface area contributed by atoms with E-state index in [0.29, 0.717) is 6.42 Å². The summed E-state index contributed by atoms with van der Waals surface area (Å²) in [5.74, 6) is 1.14. The normalized spacial score (nSPS) is 33.9. The molecule has 77 valence electrons. The number of aldehydes is 1. The molecule has 0 aromatic heterocycles. The summed E-state index contributed by atoms with van der Waals surface area (Å²) >= 11 is 0. The van der Waals surface area contributed by atoms with Crippen molar-refractivity contribution in [2.24, 2.45) is 0 Å². The van der Waals surface area contributed by atoms with Gasteiger partial charge in [0, 0.05) is 32.7 Å². The third-order valence-electron chi connectivity index (χ3n) is 3.28. The van der Waals surface area contributed by atoms with Crippen LogP contribution in [0.2, 0.25) is 0 Å². The van der Waals surface area contributed by atoms with E-state index in [-0.39, 0.29) is 44.5 Å². The Labute approximate surface area is 110 Å². The van der Waals surface area contributed by atoms with E-state index in [9.17, 15) is 9.59 Å². The summed E-state index contributed by atoms with van der Waals surface area (Å²) in [4.78, 5) is 24.3. The van der Waals surface area contributed by atoms with Gasteiger partial charge in [-0.1, -0.05) is 6.92 Å². The van der Waals surface area contributed by atoms with Gasteiger partial charge in [-0.3, -0.25) is 10.7 Å². The number of Topliss-reactive ketones (excluding diaryl/α,β-unsaturated/α-hetero) is 1. The zero-order chi connectivity index (χ0) is 10.2. The molecule has 4 heteroatoms. The van der Waals surface area contributed by atoms with Crippen LogP contribution in [0.25, 0.3) is 0 Å². The molecule has 0 bridgehead atoms. The van der Waals surface area contributed by atoms with Crippen LogP contribution in [0.5, 0.6) is 0 Å². The second-order valence-electron chi connectivity index (χ2n) is 3.91. The van der Waals surface area contributed by atoms with Gasteiger partial charge in [-0.25, -0.2) is 0 Å². The SMILES string of the molecule is CC(=O)C1(C=O)C[C-](C)C(C)N1C.[Y]. The molecule has 14 heavy (non-hydrogen) atoms. The third-order valence-corrected chi connectivity index (χ3v) is 3.28. The summed E-state index contributed by atoms with van der Waals surface area (Å²) < 4.78 is 0. The predicted octanol–water partition coefficient (Wildman–Crippen LogP) is 0.829. The first-order chi connectivity index (χ1) is 5.95. The van der Waals surface area contributed by atoms with Gasteiger partial charge in [0.1, 0.15) is 11.8 Å². The van der Waals surface area contributed by atoms with Crippen LogP contribution in [0.15, 0.2) is 0 Å². The van der Waals surface area contributed by atoms with E-state index in [1.165, 1.54) is 12.8 Å². The van der Waals surface area contributed by atoms with Gasteiger partial charge >= 0.3 is 0 Å². The van der Waals surface area contributed by atoms with E-state index in [2.05, 4.69) is 0 Å². The number of nitrogens with zero attached hydrogens (tertiary/aromatic N) is 1. The maximum Gasteiger partial charge on any atom is 0.154 e. The molecule has 0 aliphatic carbocycles. The minimum absolute atomic E-state index is 0. The first-order valence-electron chi connectivity index (χ1n) is 4.48. The fourth-order valence-electron chi connectivity index (χ4n) is 1.95. The van der Waals surface area contributed by atoms with Gasteiger partial charge in [-0.05, 0) is 14.0 Å². The molecule has 1 aliphatic heterocycles. The van der Waals surface area contributed by atoms with Crippen molar-refractivity contribution in [3.63, 3.8) is 0 Å². The van der Waals surface area contributed by atoms with Crippen molar-refractivity contribution in [1.29, 1.82) is 0 Å². The van der Waals surface area contributed by atoms with Crippen LogP contribution in [-0.2, 0) is 42.3 Å². The largest absolute Gasteiger partial charge is 0.317 e. The number of likely N-dealkylation sites (tertiary alicyclic amines) is 1. The topological polar surface area (TPSA) is 37.4 Å². The van der Waals surface area contributed by atoms with Gasteiger partial charge in [0.2, 0.25) is 0 Å². The van der Waals surface area contributed by atoms with E-state index in [0.717, 1.165) is 6.29 Å². The summed E-state index contributed by atoms with van der Waals surface area (Å²) in [6.45, 7) is 5.50. The van der Waals surface area contributed by atoms with Crippen LogP contribution < -0.4 is 0 Å². The van der Waals surface area contributed by atoms with E-state index in [1.807, 2.05) is 25.8 Å². The molecule has 2 atom stereocenters. The minimum atomic E-state index is -0.885. The van der Waals surface area contributed by atoms with Crippen LogP contribution in [0, 0.1) is 5.92 Å². The fraction of sp³-hybridized carbons (Fsp3) is 0.700. The first kappa shape index (κ1) is 14.4. The summed E-state index contributed by atoms with van der Waals surface area (Å²) in [6, 6.07) is 0.217. The first-order valence-corrected chi connectivity index (χ1v) is 4.48. The third kappa shape index (κ3) is 2.00. The Kier molecular flexibility index (Phi) is 5.10. The molecule has 1 heterocycles. The summed E-state index contributed by atoms with van der Waals surface area (Å²) in [6.07, 6.45) is 1.35. The number of hydrogen-bond donors (Lipinski definition) is 0. The smallest absolute Gasteiger partial charge is 0.154 e. The van der Waals surface area contributed by atoms with Crippen molar-refractivity contribution in [1.82, 2.24) is 4.90 Å². The fourth-order valence-corrected chi connectivity index (χ4v) is 1.95. The van der Waals surface area contributed by atoms with Crippen LogP contribution in [0.4, 0.5) is 0 Å². The van der Waals surface area contributed by atoms with Crippen LogP contribution in [0.1, 0.15) is 27.2 Å². The molecule has 0 aromatic carbocycles. The molecular formula is C10H16NO2Y-. The van der Waals surface area contributed by atoms with Gasteiger partial charge < -0.3 is 9.69 Å². The Bertz CT molecular complexity index is 244. The molecule has 0 saturated carbocycles. The zero-order valence-electron chi connectivity index (χ0n) is 9.20. The summed E-state index contributed by atoms with van der Waals surface area (Å²) in [5.41, 5.74) is -0.885. The number of hydrogen-bond acceptors (Lipinski definition) is 3. The van der Waals surface area contributed by atoms with Crippen LogP contribution in [-0.4, -0.2) is 35.6 Å². The zero-order valence-corrected chi connectivity index (χ0v) is 12.0. The predicted molar refractivity (Wildman–Crippen MR) is 50.2 cm³/mol. The van der Waals surface area contributed by atoms with Gasteiger partial charge in [0.15, 0.2) is 5.78 Å².